The zero-order chi connectivity index (χ0) is 15.5. The Morgan fingerprint density at radius 3 is 2.27 bits per heavy atom. The van der Waals surface area contributed by atoms with E-state index in [0.29, 0.717) is 16.1 Å². The zero-order valence-electron chi connectivity index (χ0n) is 11.7. The third kappa shape index (κ3) is 2.96. The van der Waals surface area contributed by atoms with Crippen LogP contribution < -0.4 is 0 Å². The minimum absolute atomic E-state index is 0.00199. The molecule has 110 valence electrons. The number of rotatable bonds is 5. The molecule has 0 bridgehead atoms. The highest BCUT2D eigenvalue weighted by molar-refractivity contribution is 7.17. The molecule has 22 heavy (non-hydrogen) atoms. The fraction of sp³-hybridized carbons (Fsp3) is 0.111. The van der Waals surface area contributed by atoms with Crippen molar-refractivity contribution < 1.29 is 9.59 Å². The Labute approximate surface area is 137 Å². The maximum Gasteiger partial charge on any atom is 0.164 e. The fourth-order valence-electron chi connectivity index (χ4n) is 2.38. The van der Waals surface area contributed by atoms with E-state index < -0.39 is 0 Å². The quantitative estimate of drug-likeness (QED) is 0.587. The number of carbonyl (C=O) groups is 2. The van der Waals surface area contributed by atoms with E-state index in [1.807, 2.05) is 29.6 Å². The Morgan fingerprint density at radius 1 is 0.864 bits per heavy atom. The minimum Gasteiger partial charge on any atom is -0.294 e. The summed E-state index contributed by atoms with van der Waals surface area (Å²) in [5.74, 6) is -0.101. The van der Waals surface area contributed by atoms with Gasteiger partial charge in [0.2, 0.25) is 0 Å². The lowest BCUT2D eigenvalue weighted by Crippen LogP contribution is -2.05. The second-order valence-electron chi connectivity index (χ2n) is 4.97. The van der Waals surface area contributed by atoms with Crippen LogP contribution in [0.5, 0.6) is 0 Å². The second-order valence-corrected chi connectivity index (χ2v) is 6.29. The van der Waals surface area contributed by atoms with Crippen LogP contribution in [-0.2, 0) is 0 Å². The Balaban J connectivity index is 1.73. The van der Waals surface area contributed by atoms with Crippen molar-refractivity contribution in [3.05, 3.63) is 70.1 Å². The highest BCUT2D eigenvalue weighted by Crippen LogP contribution is 2.27. The van der Waals surface area contributed by atoms with Crippen molar-refractivity contribution in [3.8, 4) is 0 Å². The summed E-state index contributed by atoms with van der Waals surface area (Å²) < 4.78 is 1.09. The van der Waals surface area contributed by atoms with Crippen LogP contribution in [0.3, 0.4) is 0 Å². The number of halogens is 1. The molecule has 2 aromatic carbocycles. The minimum atomic E-state index is -0.0986. The number of ketones is 2. The summed E-state index contributed by atoms with van der Waals surface area (Å²) in [6.07, 6.45) is 0.373. The number of carbonyl (C=O) groups excluding carboxylic acids is 2. The first-order chi connectivity index (χ1) is 10.7. The number of fused-ring (bicyclic) bond motifs is 1. The average molecular weight is 329 g/mol. The van der Waals surface area contributed by atoms with Gasteiger partial charge in [-0.25, -0.2) is 0 Å². The summed E-state index contributed by atoms with van der Waals surface area (Å²) in [7, 11) is 0. The number of thiophene rings is 1. The van der Waals surface area contributed by atoms with E-state index in [1.165, 1.54) is 0 Å². The van der Waals surface area contributed by atoms with Gasteiger partial charge < -0.3 is 0 Å². The zero-order valence-corrected chi connectivity index (χ0v) is 13.3. The van der Waals surface area contributed by atoms with Crippen molar-refractivity contribution >= 4 is 44.6 Å². The largest absolute Gasteiger partial charge is 0.294 e. The summed E-state index contributed by atoms with van der Waals surface area (Å²) in [6.45, 7) is 0. The molecule has 0 N–H and O–H groups in total. The Bertz CT molecular complexity index is 851. The van der Waals surface area contributed by atoms with Crippen LogP contribution in [0.2, 0.25) is 5.02 Å². The van der Waals surface area contributed by atoms with E-state index >= 15 is 0 Å². The maximum atomic E-state index is 12.4. The summed E-state index contributed by atoms with van der Waals surface area (Å²) in [5, 5.41) is 3.26. The Hall–Kier alpha value is -1.97. The first kappa shape index (κ1) is 14.9. The molecule has 0 saturated heterocycles. The smallest absolute Gasteiger partial charge is 0.164 e. The Kier molecular flexibility index (Phi) is 4.36. The van der Waals surface area contributed by atoms with Gasteiger partial charge in [0.1, 0.15) is 0 Å². The van der Waals surface area contributed by atoms with Crippen LogP contribution in [0.1, 0.15) is 33.6 Å². The first-order valence-corrected chi connectivity index (χ1v) is 8.20. The van der Waals surface area contributed by atoms with Crippen LogP contribution in [0.15, 0.2) is 53.9 Å². The van der Waals surface area contributed by atoms with Gasteiger partial charge in [0.05, 0.1) is 5.02 Å². The molecule has 0 spiro atoms. The second kappa shape index (κ2) is 6.42. The number of Topliss-reactive ketones (excluding diaryl/α,β-unsaturated/α-hetero) is 2. The molecular weight excluding hydrogens is 316 g/mol. The molecule has 3 aromatic rings. The van der Waals surface area contributed by atoms with Crippen molar-refractivity contribution in [3.63, 3.8) is 0 Å². The van der Waals surface area contributed by atoms with Gasteiger partial charge in [-0.1, -0.05) is 41.9 Å². The fourth-order valence-corrected chi connectivity index (χ4v) is 3.58. The molecule has 4 heteroatoms. The standard InChI is InChI=1S/C18H13ClO2S/c19-15-7-3-1-6-13(15)16(20)9-10-17(21)14-11-22-18-8-4-2-5-12(14)18/h1-8,11H,9-10H2. The van der Waals surface area contributed by atoms with Crippen LogP contribution in [0.25, 0.3) is 10.1 Å². The molecule has 0 saturated carbocycles. The van der Waals surface area contributed by atoms with Crippen molar-refractivity contribution in [1.29, 1.82) is 0 Å². The van der Waals surface area contributed by atoms with Gasteiger partial charge in [-0.15, -0.1) is 11.3 Å². The predicted octanol–water partition coefficient (Wildman–Crippen LogP) is 5.40. The van der Waals surface area contributed by atoms with Gasteiger partial charge in [-0.2, -0.15) is 0 Å². The van der Waals surface area contributed by atoms with E-state index in [4.69, 9.17) is 11.6 Å². The average Bonchev–Trinajstić information content (AvgIpc) is 2.97. The summed E-state index contributed by atoms with van der Waals surface area (Å²) in [4.78, 5) is 24.5. The van der Waals surface area contributed by atoms with E-state index in [1.54, 1.807) is 35.6 Å². The number of hydrogen-bond acceptors (Lipinski definition) is 3. The topological polar surface area (TPSA) is 34.1 Å². The van der Waals surface area contributed by atoms with Gasteiger partial charge in [-0.3, -0.25) is 9.59 Å². The van der Waals surface area contributed by atoms with Gasteiger partial charge in [0.15, 0.2) is 11.6 Å². The van der Waals surface area contributed by atoms with Crippen molar-refractivity contribution in [1.82, 2.24) is 0 Å². The van der Waals surface area contributed by atoms with Gasteiger partial charge >= 0.3 is 0 Å². The van der Waals surface area contributed by atoms with E-state index in [0.717, 1.165) is 10.1 Å². The van der Waals surface area contributed by atoms with Crippen LogP contribution in [-0.4, -0.2) is 11.6 Å². The molecule has 3 rings (SSSR count). The number of benzene rings is 2. The molecule has 0 fully saturated rings. The maximum absolute atomic E-state index is 12.4. The monoisotopic (exact) mass is 328 g/mol. The molecule has 0 aliphatic carbocycles. The van der Waals surface area contributed by atoms with E-state index in [2.05, 4.69) is 0 Å². The lowest BCUT2D eigenvalue weighted by atomic mass is 10.0. The van der Waals surface area contributed by atoms with Gasteiger partial charge in [-0.05, 0) is 18.2 Å². The normalized spacial score (nSPS) is 10.8. The first-order valence-electron chi connectivity index (χ1n) is 6.94. The molecule has 1 heterocycles. The van der Waals surface area contributed by atoms with Crippen LogP contribution in [0, 0.1) is 0 Å². The van der Waals surface area contributed by atoms with Gasteiger partial charge in [0, 0.05) is 39.4 Å². The van der Waals surface area contributed by atoms with Crippen LogP contribution >= 0.6 is 22.9 Å². The van der Waals surface area contributed by atoms with E-state index in [-0.39, 0.29) is 24.4 Å². The summed E-state index contributed by atoms with van der Waals surface area (Å²) in [6, 6.07) is 14.7. The third-order valence-electron chi connectivity index (χ3n) is 3.53. The van der Waals surface area contributed by atoms with Crippen molar-refractivity contribution in [2.24, 2.45) is 0 Å². The number of hydrogen-bond donors (Lipinski definition) is 0. The molecule has 2 nitrogen and oxygen atoms in total. The lowest BCUT2D eigenvalue weighted by molar-refractivity contribution is 0.0918. The molecule has 0 aliphatic rings. The highest BCUT2D eigenvalue weighted by Gasteiger charge is 2.15. The Morgan fingerprint density at radius 2 is 1.50 bits per heavy atom. The summed E-state index contributed by atoms with van der Waals surface area (Å²) >= 11 is 7.56. The summed E-state index contributed by atoms with van der Waals surface area (Å²) in [5.41, 5.74) is 1.18. The predicted molar refractivity (Wildman–Crippen MR) is 91.2 cm³/mol. The van der Waals surface area contributed by atoms with E-state index in [9.17, 15) is 9.59 Å². The van der Waals surface area contributed by atoms with Crippen molar-refractivity contribution in [2.45, 2.75) is 12.8 Å². The van der Waals surface area contributed by atoms with Gasteiger partial charge in [0.25, 0.3) is 0 Å². The molecule has 0 radical (unpaired) electrons. The molecule has 0 amide bonds. The third-order valence-corrected chi connectivity index (χ3v) is 4.83. The molecule has 1 aromatic heterocycles. The van der Waals surface area contributed by atoms with Crippen molar-refractivity contribution in [2.75, 3.05) is 0 Å². The molecule has 0 atom stereocenters. The molecule has 0 unspecified atom stereocenters. The van der Waals surface area contributed by atoms with Crippen LogP contribution in [0.4, 0.5) is 0 Å². The lowest BCUT2D eigenvalue weighted by Gasteiger charge is -2.03. The molecular formula is C18H13ClO2S. The SMILES string of the molecule is O=C(CCC(=O)c1csc2ccccc12)c1ccccc1Cl. The molecule has 0 aliphatic heterocycles. The highest BCUT2D eigenvalue weighted by atomic mass is 35.5.